The molecule has 0 unspecified atom stereocenters. The molecule has 2 heterocycles. The van der Waals surface area contributed by atoms with E-state index in [9.17, 15) is 9.59 Å². The Morgan fingerprint density at radius 3 is 2.30 bits per heavy atom. The fraction of sp³-hybridized carbons (Fsp3) is 0.294. The molecule has 0 atom stereocenters. The number of rotatable bonds is 3. The van der Waals surface area contributed by atoms with Crippen molar-refractivity contribution in [2.45, 2.75) is 6.42 Å². The molecule has 0 bridgehead atoms. The Bertz CT molecular complexity index is 668. The van der Waals surface area contributed by atoms with E-state index in [0.717, 1.165) is 0 Å². The highest BCUT2D eigenvalue weighted by Gasteiger charge is 2.24. The predicted octanol–water partition coefficient (Wildman–Crippen LogP) is 1.00. The Morgan fingerprint density at radius 2 is 1.65 bits per heavy atom. The van der Waals surface area contributed by atoms with Crippen LogP contribution in [0.3, 0.4) is 0 Å². The standard InChI is InChI=1S/C17H18N4O2/c22-16(12-15-13-18-6-7-19-15)20-8-10-21(11-9-20)17(23)14-4-2-1-3-5-14/h1-7,13H,8-12H2. The highest BCUT2D eigenvalue weighted by molar-refractivity contribution is 5.94. The van der Waals surface area contributed by atoms with Crippen molar-refractivity contribution >= 4 is 11.8 Å². The van der Waals surface area contributed by atoms with Crippen LogP contribution in [-0.4, -0.2) is 57.8 Å². The molecule has 3 rings (SSSR count). The lowest BCUT2D eigenvalue weighted by atomic mass is 10.1. The van der Waals surface area contributed by atoms with E-state index < -0.39 is 0 Å². The molecule has 6 nitrogen and oxygen atoms in total. The topological polar surface area (TPSA) is 66.4 Å². The summed E-state index contributed by atoms with van der Waals surface area (Å²) in [6, 6.07) is 9.23. The monoisotopic (exact) mass is 310 g/mol. The van der Waals surface area contributed by atoms with Gasteiger partial charge in [-0.05, 0) is 12.1 Å². The molecule has 1 aliphatic rings. The molecule has 1 aliphatic heterocycles. The van der Waals surface area contributed by atoms with Crippen molar-refractivity contribution in [3.05, 3.63) is 60.2 Å². The lowest BCUT2D eigenvalue weighted by molar-refractivity contribution is -0.132. The average molecular weight is 310 g/mol. The van der Waals surface area contributed by atoms with Crippen LogP contribution in [0, 0.1) is 0 Å². The number of amides is 2. The molecule has 1 fully saturated rings. The number of aromatic nitrogens is 2. The van der Waals surface area contributed by atoms with E-state index in [4.69, 9.17) is 0 Å². The lowest BCUT2D eigenvalue weighted by Gasteiger charge is -2.34. The summed E-state index contributed by atoms with van der Waals surface area (Å²) in [5.74, 6) is 0.0453. The van der Waals surface area contributed by atoms with Crippen LogP contribution in [-0.2, 0) is 11.2 Å². The molecule has 118 valence electrons. The predicted molar refractivity (Wildman–Crippen MR) is 84.7 cm³/mol. The van der Waals surface area contributed by atoms with Crippen LogP contribution in [0.2, 0.25) is 0 Å². The zero-order valence-corrected chi connectivity index (χ0v) is 12.8. The van der Waals surface area contributed by atoms with Gasteiger partial charge in [-0.3, -0.25) is 19.6 Å². The van der Waals surface area contributed by atoms with Gasteiger partial charge in [0, 0.05) is 50.3 Å². The molecule has 23 heavy (non-hydrogen) atoms. The van der Waals surface area contributed by atoms with Gasteiger partial charge in [0.15, 0.2) is 0 Å². The first-order valence-corrected chi connectivity index (χ1v) is 7.61. The smallest absolute Gasteiger partial charge is 0.253 e. The van der Waals surface area contributed by atoms with E-state index in [-0.39, 0.29) is 18.2 Å². The van der Waals surface area contributed by atoms with Crippen molar-refractivity contribution in [1.82, 2.24) is 19.8 Å². The van der Waals surface area contributed by atoms with Gasteiger partial charge in [-0.15, -0.1) is 0 Å². The third-order valence-electron chi connectivity index (χ3n) is 3.89. The van der Waals surface area contributed by atoms with E-state index in [1.54, 1.807) is 28.4 Å². The fourth-order valence-corrected chi connectivity index (χ4v) is 2.61. The number of nitrogens with zero attached hydrogens (tertiary/aromatic N) is 4. The maximum atomic E-state index is 12.4. The molecule has 6 heteroatoms. The molecule has 1 saturated heterocycles. The summed E-state index contributed by atoms with van der Waals surface area (Å²) in [6.07, 6.45) is 5.02. The number of hydrogen-bond donors (Lipinski definition) is 0. The van der Waals surface area contributed by atoms with Crippen LogP contribution in [0.15, 0.2) is 48.9 Å². The van der Waals surface area contributed by atoms with Crippen LogP contribution in [0.5, 0.6) is 0 Å². The van der Waals surface area contributed by atoms with E-state index in [1.807, 2.05) is 30.3 Å². The summed E-state index contributed by atoms with van der Waals surface area (Å²) in [5.41, 5.74) is 1.35. The first kappa shape index (κ1) is 15.1. The molecule has 2 aromatic rings. The maximum Gasteiger partial charge on any atom is 0.253 e. The zero-order valence-electron chi connectivity index (χ0n) is 12.8. The molecule has 0 aliphatic carbocycles. The number of hydrogen-bond acceptors (Lipinski definition) is 4. The summed E-state index contributed by atoms with van der Waals surface area (Å²) < 4.78 is 0. The summed E-state index contributed by atoms with van der Waals surface area (Å²) in [4.78, 5) is 36.3. The number of carbonyl (C=O) groups is 2. The van der Waals surface area contributed by atoms with Crippen molar-refractivity contribution < 1.29 is 9.59 Å². The Hall–Kier alpha value is -2.76. The van der Waals surface area contributed by atoms with Gasteiger partial charge in [-0.1, -0.05) is 18.2 Å². The normalized spacial score (nSPS) is 14.6. The molecule has 2 amide bonds. The van der Waals surface area contributed by atoms with Crippen LogP contribution < -0.4 is 0 Å². The van der Waals surface area contributed by atoms with Gasteiger partial charge in [0.25, 0.3) is 5.91 Å². The first-order chi connectivity index (χ1) is 11.2. The summed E-state index contributed by atoms with van der Waals surface area (Å²) >= 11 is 0. The number of carbonyl (C=O) groups excluding carboxylic acids is 2. The van der Waals surface area contributed by atoms with Crippen LogP contribution in [0.4, 0.5) is 0 Å². The van der Waals surface area contributed by atoms with Crippen molar-refractivity contribution in [3.8, 4) is 0 Å². The lowest BCUT2D eigenvalue weighted by Crippen LogP contribution is -2.51. The van der Waals surface area contributed by atoms with Crippen LogP contribution >= 0.6 is 0 Å². The van der Waals surface area contributed by atoms with Gasteiger partial charge < -0.3 is 9.80 Å². The van der Waals surface area contributed by atoms with Crippen molar-refractivity contribution in [2.24, 2.45) is 0 Å². The summed E-state index contributed by atoms with van der Waals surface area (Å²) in [5, 5.41) is 0. The quantitative estimate of drug-likeness (QED) is 0.848. The largest absolute Gasteiger partial charge is 0.339 e. The Labute approximate surface area is 134 Å². The van der Waals surface area contributed by atoms with E-state index in [0.29, 0.717) is 37.4 Å². The molecular formula is C17H18N4O2. The number of benzene rings is 1. The van der Waals surface area contributed by atoms with Gasteiger partial charge in [-0.25, -0.2) is 0 Å². The van der Waals surface area contributed by atoms with Crippen molar-refractivity contribution in [3.63, 3.8) is 0 Å². The minimum atomic E-state index is 0.0200. The molecule has 1 aromatic carbocycles. The Balaban J connectivity index is 1.54. The van der Waals surface area contributed by atoms with Gasteiger partial charge in [0.1, 0.15) is 0 Å². The molecule has 0 radical (unpaired) electrons. The average Bonchev–Trinajstić information content (AvgIpc) is 2.63. The molecule has 0 spiro atoms. The van der Waals surface area contributed by atoms with E-state index >= 15 is 0 Å². The van der Waals surface area contributed by atoms with Crippen molar-refractivity contribution in [2.75, 3.05) is 26.2 Å². The molecular weight excluding hydrogens is 292 g/mol. The molecule has 1 aromatic heterocycles. The van der Waals surface area contributed by atoms with Crippen LogP contribution in [0.1, 0.15) is 16.1 Å². The zero-order chi connectivity index (χ0) is 16.1. The second kappa shape index (κ2) is 7.00. The highest BCUT2D eigenvalue weighted by Crippen LogP contribution is 2.10. The minimum Gasteiger partial charge on any atom is -0.339 e. The Morgan fingerprint density at radius 1 is 0.957 bits per heavy atom. The Kier molecular flexibility index (Phi) is 4.61. The maximum absolute atomic E-state index is 12.4. The van der Waals surface area contributed by atoms with Gasteiger partial charge in [0.2, 0.25) is 5.91 Å². The van der Waals surface area contributed by atoms with Gasteiger partial charge in [-0.2, -0.15) is 0 Å². The number of piperazine rings is 1. The van der Waals surface area contributed by atoms with Crippen molar-refractivity contribution in [1.29, 1.82) is 0 Å². The van der Waals surface area contributed by atoms with E-state index in [1.165, 1.54) is 0 Å². The van der Waals surface area contributed by atoms with E-state index in [2.05, 4.69) is 9.97 Å². The second-order valence-electron chi connectivity index (χ2n) is 5.41. The molecule has 0 saturated carbocycles. The van der Waals surface area contributed by atoms with Gasteiger partial charge in [0.05, 0.1) is 12.1 Å². The van der Waals surface area contributed by atoms with Gasteiger partial charge >= 0.3 is 0 Å². The first-order valence-electron chi connectivity index (χ1n) is 7.61. The second-order valence-corrected chi connectivity index (χ2v) is 5.41. The minimum absolute atomic E-state index is 0.0200. The SMILES string of the molecule is O=C(Cc1cnccn1)N1CCN(C(=O)c2ccccc2)CC1. The molecule has 0 N–H and O–H groups in total. The third kappa shape index (κ3) is 3.71. The van der Waals surface area contributed by atoms with Crippen LogP contribution in [0.25, 0.3) is 0 Å². The summed E-state index contributed by atoms with van der Waals surface area (Å²) in [6.45, 7) is 2.22. The third-order valence-corrected chi connectivity index (χ3v) is 3.89. The highest BCUT2D eigenvalue weighted by atomic mass is 16.2. The summed E-state index contributed by atoms with van der Waals surface area (Å²) in [7, 11) is 0. The fourth-order valence-electron chi connectivity index (χ4n) is 2.61.